The zero-order valence-corrected chi connectivity index (χ0v) is 11.5. The molecule has 1 heterocycles. The van der Waals surface area contributed by atoms with Gasteiger partial charge in [-0.15, -0.1) is 0 Å². The first kappa shape index (κ1) is 12.5. The van der Waals surface area contributed by atoms with Crippen molar-refractivity contribution in [2.75, 3.05) is 6.54 Å². The number of benzene rings is 1. The van der Waals surface area contributed by atoms with Crippen molar-refractivity contribution < 1.29 is 4.52 Å². The molecule has 0 unspecified atom stereocenters. The van der Waals surface area contributed by atoms with Crippen LogP contribution in [0.15, 0.2) is 27.2 Å². The standard InChI is InChI=1S/C11H11BrClN3O/c1-2-14-6-10-15-11(17-16-10)8-4-3-7(12)5-9(8)13/h3-5,14H,2,6H2,1H3. The summed E-state index contributed by atoms with van der Waals surface area (Å²) < 4.78 is 6.08. The molecule has 6 heteroatoms. The molecular weight excluding hydrogens is 305 g/mol. The van der Waals surface area contributed by atoms with Gasteiger partial charge in [-0.1, -0.05) is 39.6 Å². The smallest absolute Gasteiger partial charge is 0.259 e. The average molecular weight is 317 g/mol. The Balaban J connectivity index is 2.24. The molecule has 0 aliphatic carbocycles. The van der Waals surface area contributed by atoms with Crippen molar-refractivity contribution >= 4 is 27.5 Å². The van der Waals surface area contributed by atoms with Crippen molar-refractivity contribution in [1.82, 2.24) is 15.5 Å². The molecule has 0 spiro atoms. The van der Waals surface area contributed by atoms with Crippen molar-refractivity contribution in [2.45, 2.75) is 13.5 Å². The first-order valence-corrected chi connectivity index (χ1v) is 6.36. The molecule has 0 aliphatic heterocycles. The fourth-order valence-electron chi connectivity index (χ4n) is 1.33. The van der Waals surface area contributed by atoms with Crippen LogP contribution in [0.1, 0.15) is 12.7 Å². The summed E-state index contributed by atoms with van der Waals surface area (Å²) >= 11 is 9.45. The van der Waals surface area contributed by atoms with E-state index in [9.17, 15) is 0 Å². The summed E-state index contributed by atoms with van der Waals surface area (Å²) in [7, 11) is 0. The number of nitrogens with one attached hydrogen (secondary N) is 1. The van der Waals surface area contributed by atoms with Crippen molar-refractivity contribution in [1.29, 1.82) is 0 Å². The van der Waals surface area contributed by atoms with Crippen LogP contribution in [-0.2, 0) is 6.54 Å². The van der Waals surface area contributed by atoms with Gasteiger partial charge in [-0.25, -0.2) is 0 Å². The van der Waals surface area contributed by atoms with Gasteiger partial charge in [0, 0.05) is 4.47 Å². The van der Waals surface area contributed by atoms with Gasteiger partial charge in [-0.3, -0.25) is 0 Å². The van der Waals surface area contributed by atoms with Crippen LogP contribution < -0.4 is 5.32 Å². The molecular formula is C11H11BrClN3O. The van der Waals surface area contributed by atoms with Crippen molar-refractivity contribution in [3.05, 3.63) is 33.5 Å². The van der Waals surface area contributed by atoms with E-state index in [1.165, 1.54) is 0 Å². The van der Waals surface area contributed by atoms with Gasteiger partial charge in [0.2, 0.25) is 0 Å². The Morgan fingerprint density at radius 3 is 3.00 bits per heavy atom. The van der Waals surface area contributed by atoms with Gasteiger partial charge < -0.3 is 9.84 Å². The van der Waals surface area contributed by atoms with E-state index in [0.717, 1.165) is 16.6 Å². The summed E-state index contributed by atoms with van der Waals surface area (Å²) in [4.78, 5) is 4.27. The first-order chi connectivity index (χ1) is 8.20. The van der Waals surface area contributed by atoms with Crippen LogP contribution in [0.2, 0.25) is 5.02 Å². The second kappa shape index (κ2) is 5.62. The molecule has 0 saturated heterocycles. The molecule has 17 heavy (non-hydrogen) atoms. The fraction of sp³-hybridized carbons (Fsp3) is 0.273. The van der Waals surface area contributed by atoms with Crippen LogP contribution in [0.25, 0.3) is 11.5 Å². The lowest BCUT2D eigenvalue weighted by Gasteiger charge is -1.98. The molecule has 0 radical (unpaired) electrons. The predicted molar refractivity (Wildman–Crippen MR) is 69.8 cm³/mol. The molecule has 0 amide bonds. The van der Waals surface area contributed by atoms with E-state index in [2.05, 4.69) is 31.4 Å². The quantitative estimate of drug-likeness (QED) is 0.940. The molecule has 90 valence electrons. The fourth-order valence-corrected chi connectivity index (χ4v) is 2.09. The van der Waals surface area contributed by atoms with Gasteiger partial charge in [0.15, 0.2) is 5.82 Å². The van der Waals surface area contributed by atoms with Crippen molar-refractivity contribution in [3.8, 4) is 11.5 Å². The maximum Gasteiger partial charge on any atom is 0.259 e. The molecule has 0 saturated carbocycles. The SMILES string of the molecule is CCNCc1noc(-c2ccc(Br)cc2Cl)n1. The topological polar surface area (TPSA) is 51.0 Å². The highest BCUT2D eigenvalue weighted by molar-refractivity contribution is 9.10. The minimum absolute atomic E-state index is 0.440. The highest BCUT2D eigenvalue weighted by atomic mass is 79.9. The minimum atomic E-state index is 0.440. The van der Waals surface area contributed by atoms with E-state index in [-0.39, 0.29) is 0 Å². The zero-order valence-electron chi connectivity index (χ0n) is 9.20. The maximum atomic E-state index is 6.10. The number of hydrogen-bond donors (Lipinski definition) is 1. The molecule has 2 rings (SSSR count). The summed E-state index contributed by atoms with van der Waals surface area (Å²) in [5.41, 5.74) is 0.741. The first-order valence-electron chi connectivity index (χ1n) is 5.19. The summed E-state index contributed by atoms with van der Waals surface area (Å²) in [6, 6.07) is 5.53. The van der Waals surface area contributed by atoms with E-state index >= 15 is 0 Å². The zero-order chi connectivity index (χ0) is 12.3. The van der Waals surface area contributed by atoms with Crippen LogP contribution >= 0.6 is 27.5 Å². The molecule has 1 aromatic heterocycles. The van der Waals surface area contributed by atoms with Crippen molar-refractivity contribution in [2.24, 2.45) is 0 Å². The van der Waals surface area contributed by atoms with Gasteiger partial charge in [-0.2, -0.15) is 4.98 Å². The van der Waals surface area contributed by atoms with Gasteiger partial charge in [0.1, 0.15) is 0 Å². The van der Waals surface area contributed by atoms with E-state index in [1.54, 1.807) is 6.07 Å². The van der Waals surface area contributed by atoms with E-state index in [4.69, 9.17) is 16.1 Å². The van der Waals surface area contributed by atoms with Gasteiger partial charge in [0.25, 0.3) is 5.89 Å². The molecule has 0 bridgehead atoms. The third-order valence-electron chi connectivity index (χ3n) is 2.16. The number of halogens is 2. The molecule has 0 atom stereocenters. The number of nitrogens with zero attached hydrogens (tertiary/aromatic N) is 2. The average Bonchev–Trinajstić information content (AvgIpc) is 2.75. The summed E-state index contributed by atoms with van der Waals surface area (Å²) in [5, 5.41) is 7.58. The Kier molecular flexibility index (Phi) is 4.15. The molecule has 2 aromatic rings. The second-order valence-electron chi connectivity index (χ2n) is 3.42. The number of aromatic nitrogens is 2. The lowest BCUT2D eigenvalue weighted by atomic mass is 10.2. The van der Waals surface area contributed by atoms with Crippen LogP contribution in [0.3, 0.4) is 0 Å². The Bertz CT molecular complexity index is 515. The van der Waals surface area contributed by atoms with Gasteiger partial charge >= 0.3 is 0 Å². The van der Waals surface area contributed by atoms with Crippen LogP contribution in [0.4, 0.5) is 0 Å². The molecule has 1 N–H and O–H groups in total. The summed E-state index contributed by atoms with van der Waals surface area (Å²) in [6.07, 6.45) is 0. The largest absolute Gasteiger partial charge is 0.334 e. The lowest BCUT2D eigenvalue weighted by molar-refractivity contribution is 0.420. The highest BCUT2D eigenvalue weighted by Gasteiger charge is 2.11. The Hall–Kier alpha value is -0.910. The highest BCUT2D eigenvalue weighted by Crippen LogP contribution is 2.29. The van der Waals surface area contributed by atoms with Gasteiger partial charge in [0.05, 0.1) is 17.1 Å². The normalized spacial score (nSPS) is 10.8. The van der Waals surface area contributed by atoms with E-state index in [1.807, 2.05) is 19.1 Å². The molecule has 0 aliphatic rings. The second-order valence-corrected chi connectivity index (χ2v) is 4.74. The minimum Gasteiger partial charge on any atom is -0.334 e. The van der Waals surface area contributed by atoms with Crippen LogP contribution in [0.5, 0.6) is 0 Å². The third-order valence-corrected chi connectivity index (χ3v) is 2.97. The monoisotopic (exact) mass is 315 g/mol. The summed E-state index contributed by atoms with van der Waals surface area (Å²) in [5.74, 6) is 1.07. The third kappa shape index (κ3) is 3.06. The molecule has 1 aromatic carbocycles. The maximum absolute atomic E-state index is 6.10. The van der Waals surface area contributed by atoms with Crippen molar-refractivity contribution in [3.63, 3.8) is 0 Å². The molecule has 4 nitrogen and oxygen atoms in total. The Labute approximate surface area is 112 Å². The number of hydrogen-bond acceptors (Lipinski definition) is 4. The van der Waals surface area contributed by atoms with Crippen LogP contribution in [-0.4, -0.2) is 16.7 Å². The lowest BCUT2D eigenvalue weighted by Crippen LogP contribution is -2.12. The summed E-state index contributed by atoms with van der Waals surface area (Å²) in [6.45, 7) is 3.48. The Morgan fingerprint density at radius 1 is 1.47 bits per heavy atom. The molecule has 0 fully saturated rings. The van der Waals surface area contributed by atoms with Crippen LogP contribution in [0, 0.1) is 0 Å². The number of rotatable bonds is 4. The van der Waals surface area contributed by atoms with E-state index < -0.39 is 0 Å². The predicted octanol–water partition coefficient (Wildman–Crippen LogP) is 3.26. The van der Waals surface area contributed by atoms with E-state index in [0.29, 0.717) is 23.3 Å². The Morgan fingerprint density at radius 2 is 2.29 bits per heavy atom. The van der Waals surface area contributed by atoms with Gasteiger partial charge in [-0.05, 0) is 24.7 Å².